The van der Waals surface area contributed by atoms with Crippen LogP contribution in [0.3, 0.4) is 0 Å². The fourth-order valence-corrected chi connectivity index (χ4v) is 4.16. The molecule has 1 saturated heterocycles. The number of pyridine rings is 1. The van der Waals surface area contributed by atoms with Crippen molar-refractivity contribution in [3.8, 4) is 17.3 Å². The number of fused-ring (bicyclic) bond motifs is 1. The van der Waals surface area contributed by atoms with Gasteiger partial charge in [-0.3, -0.25) is 4.98 Å². The molecule has 2 aliphatic rings. The van der Waals surface area contributed by atoms with Crippen molar-refractivity contribution in [3.63, 3.8) is 0 Å². The summed E-state index contributed by atoms with van der Waals surface area (Å²) >= 11 is 0. The Morgan fingerprint density at radius 1 is 1.25 bits per heavy atom. The van der Waals surface area contributed by atoms with Crippen molar-refractivity contribution in [2.45, 2.75) is 44.8 Å². The standard InChI is InChI=1S/C23H25N8O/c1-15(2)27-20-10-21(23-4-3-18-9-16(11-24)12-26-31(18)23)25-13-19(20)22-14-30(29-28-22)17-5-7-32-8-6-17/h3-4,9-10,12-15,17,23H,5-8H2,1-2H3,(H,25,27)/q+1. The normalized spacial score (nSPS) is 18.0. The summed E-state index contributed by atoms with van der Waals surface area (Å²) in [6.07, 6.45) is 11.4. The van der Waals surface area contributed by atoms with Gasteiger partial charge in [-0.05, 0) is 43.9 Å². The Labute approximate surface area is 186 Å². The van der Waals surface area contributed by atoms with Crippen LogP contribution in [0.4, 0.5) is 5.69 Å². The fraction of sp³-hybridized carbons (Fsp3) is 0.391. The number of rotatable bonds is 5. The molecule has 1 N–H and O–H groups in total. The predicted molar refractivity (Wildman–Crippen MR) is 117 cm³/mol. The van der Waals surface area contributed by atoms with Gasteiger partial charge in [-0.2, -0.15) is 5.26 Å². The first-order valence-electron chi connectivity index (χ1n) is 10.9. The van der Waals surface area contributed by atoms with Crippen LogP contribution >= 0.6 is 0 Å². The lowest BCUT2D eigenvalue weighted by molar-refractivity contribution is -0.757. The van der Waals surface area contributed by atoms with Crippen LogP contribution in [-0.2, 0) is 4.74 Å². The molecule has 2 aliphatic heterocycles. The second-order valence-corrected chi connectivity index (χ2v) is 8.41. The number of hydrogen-bond acceptors (Lipinski definition) is 7. The summed E-state index contributed by atoms with van der Waals surface area (Å²) in [6, 6.07) is 6.46. The molecule has 1 atom stereocenters. The topological polar surface area (TPSA) is 105 Å². The van der Waals surface area contributed by atoms with E-state index in [4.69, 9.17) is 15.0 Å². The highest BCUT2D eigenvalue weighted by Crippen LogP contribution is 2.31. The molecule has 0 aromatic carbocycles. The molecule has 5 heterocycles. The zero-order chi connectivity index (χ0) is 22.1. The molecule has 1 fully saturated rings. The predicted octanol–water partition coefficient (Wildman–Crippen LogP) is 2.68. The largest absolute Gasteiger partial charge is 0.382 e. The quantitative estimate of drug-likeness (QED) is 0.622. The van der Waals surface area contributed by atoms with Gasteiger partial charge in [-0.15, -0.1) is 5.10 Å². The Hall–Kier alpha value is -3.64. The minimum atomic E-state index is -0.127. The van der Waals surface area contributed by atoms with Crippen LogP contribution in [0.15, 0.2) is 36.8 Å². The van der Waals surface area contributed by atoms with Gasteiger partial charge in [0.25, 0.3) is 0 Å². The Bertz CT molecular complexity index is 1200. The maximum Gasteiger partial charge on any atom is 0.245 e. The number of aromatic nitrogens is 6. The summed E-state index contributed by atoms with van der Waals surface area (Å²) in [5.74, 6) is 0. The molecule has 3 aromatic heterocycles. The first-order chi connectivity index (χ1) is 15.6. The van der Waals surface area contributed by atoms with Crippen molar-refractivity contribution in [1.82, 2.24) is 25.1 Å². The molecular formula is C23H25N8O+. The molecule has 9 heteroatoms. The number of nitrogens with one attached hydrogen (secondary N) is 1. The molecular weight excluding hydrogens is 404 g/mol. The zero-order valence-corrected chi connectivity index (χ0v) is 18.1. The first kappa shape index (κ1) is 20.3. The van der Waals surface area contributed by atoms with E-state index < -0.39 is 0 Å². The van der Waals surface area contributed by atoms with E-state index in [9.17, 15) is 0 Å². The van der Waals surface area contributed by atoms with Crippen molar-refractivity contribution >= 4 is 11.8 Å². The number of anilines is 1. The molecule has 0 bridgehead atoms. The molecule has 9 nitrogen and oxygen atoms in total. The van der Waals surface area contributed by atoms with Gasteiger partial charge >= 0.3 is 0 Å². The van der Waals surface area contributed by atoms with Gasteiger partial charge in [0, 0.05) is 48.8 Å². The van der Waals surface area contributed by atoms with Crippen LogP contribution in [0.5, 0.6) is 0 Å². The van der Waals surface area contributed by atoms with Crippen LogP contribution in [-0.4, -0.2) is 44.3 Å². The average Bonchev–Trinajstić information content (AvgIpc) is 3.46. The lowest BCUT2D eigenvalue weighted by Crippen LogP contribution is -2.43. The second-order valence-electron chi connectivity index (χ2n) is 8.41. The first-order valence-corrected chi connectivity index (χ1v) is 10.9. The van der Waals surface area contributed by atoms with E-state index in [0.717, 1.165) is 54.4 Å². The molecule has 5 rings (SSSR count). The van der Waals surface area contributed by atoms with Crippen LogP contribution in [0.1, 0.15) is 55.7 Å². The molecule has 0 saturated carbocycles. The van der Waals surface area contributed by atoms with Crippen LogP contribution in [0, 0.1) is 11.3 Å². The van der Waals surface area contributed by atoms with Crippen LogP contribution in [0.2, 0.25) is 0 Å². The Balaban J connectivity index is 1.48. The minimum Gasteiger partial charge on any atom is -0.382 e. The maximum absolute atomic E-state index is 9.13. The minimum absolute atomic E-state index is 0.127. The smallest absolute Gasteiger partial charge is 0.245 e. The van der Waals surface area contributed by atoms with Crippen molar-refractivity contribution in [3.05, 3.63) is 53.8 Å². The lowest BCUT2D eigenvalue weighted by atomic mass is 10.1. The van der Waals surface area contributed by atoms with Crippen LogP contribution < -0.4 is 10.00 Å². The van der Waals surface area contributed by atoms with Gasteiger partial charge < -0.3 is 10.1 Å². The van der Waals surface area contributed by atoms with Gasteiger partial charge in [0.05, 0.1) is 17.8 Å². The molecule has 32 heavy (non-hydrogen) atoms. The van der Waals surface area contributed by atoms with Crippen LogP contribution in [0.25, 0.3) is 17.3 Å². The summed E-state index contributed by atoms with van der Waals surface area (Å²) in [5, 5.41) is 25.9. The number of ether oxygens (including phenoxy) is 1. The van der Waals surface area contributed by atoms with E-state index in [-0.39, 0.29) is 12.1 Å². The van der Waals surface area contributed by atoms with Gasteiger partial charge in [-0.1, -0.05) is 9.90 Å². The van der Waals surface area contributed by atoms with Crippen molar-refractivity contribution in [2.24, 2.45) is 0 Å². The molecule has 162 valence electrons. The van der Waals surface area contributed by atoms with Crippen molar-refractivity contribution in [2.75, 3.05) is 18.5 Å². The maximum atomic E-state index is 9.13. The summed E-state index contributed by atoms with van der Waals surface area (Å²) in [4.78, 5) is 4.75. The van der Waals surface area contributed by atoms with E-state index in [1.54, 1.807) is 6.20 Å². The van der Waals surface area contributed by atoms with Gasteiger partial charge in [-0.25, -0.2) is 4.68 Å². The number of nitriles is 1. The zero-order valence-electron chi connectivity index (χ0n) is 18.1. The number of nitrogens with zero attached hydrogens (tertiary/aromatic N) is 7. The lowest BCUT2D eigenvalue weighted by Gasteiger charge is -2.21. The third-order valence-electron chi connectivity index (χ3n) is 5.75. The van der Waals surface area contributed by atoms with E-state index in [2.05, 4.69) is 46.7 Å². The van der Waals surface area contributed by atoms with E-state index in [0.29, 0.717) is 11.6 Å². The van der Waals surface area contributed by atoms with Gasteiger partial charge in [0.15, 0.2) is 0 Å². The molecule has 0 radical (unpaired) electrons. The molecule has 3 aromatic rings. The number of allylic oxidation sites excluding steroid dienone is 1. The average molecular weight is 430 g/mol. The Morgan fingerprint density at radius 3 is 2.88 bits per heavy atom. The van der Waals surface area contributed by atoms with E-state index in [1.165, 1.54) is 0 Å². The highest BCUT2D eigenvalue weighted by Gasteiger charge is 2.31. The Morgan fingerprint density at radius 2 is 2.09 bits per heavy atom. The van der Waals surface area contributed by atoms with E-state index >= 15 is 0 Å². The van der Waals surface area contributed by atoms with Gasteiger partial charge in [0.2, 0.25) is 11.7 Å². The molecule has 1 unspecified atom stereocenters. The third-order valence-corrected chi connectivity index (χ3v) is 5.75. The van der Waals surface area contributed by atoms with Crippen molar-refractivity contribution in [1.29, 1.82) is 5.26 Å². The summed E-state index contributed by atoms with van der Waals surface area (Å²) in [5.41, 5.74) is 4.97. The monoisotopic (exact) mass is 429 g/mol. The van der Waals surface area contributed by atoms with Gasteiger partial charge in [0.1, 0.15) is 23.7 Å². The van der Waals surface area contributed by atoms with Crippen molar-refractivity contribution < 1.29 is 9.42 Å². The fourth-order valence-electron chi connectivity index (χ4n) is 4.16. The summed E-state index contributed by atoms with van der Waals surface area (Å²) < 4.78 is 9.30. The number of hydrogen-bond donors (Lipinski definition) is 1. The molecule has 0 spiro atoms. The highest BCUT2D eigenvalue weighted by atomic mass is 16.5. The highest BCUT2D eigenvalue weighted by molar-refractivity contribution is 5.75. The van der Waals surface area contributed by atoms with E-state index in [1.807, 2.05) is 40.0 Å². The third kappa shape index (κ3) is 3.85. The summed E-state index contributed by atoms with van der Waals surface area (Å²) in [7, 11) is 0. The second kappa shape index (κ2) is 8.48. The molecule has 0 aliphatic carbocycles. The Kier molecular flexibility index (Phi) is 5.37. The molecule has 0 amide bonds. The summed E-state index contributed by atoms with van der Waals surface area (Å²) in [6.45, 7) is 5.73. The SMILES string of the molecule is CC(C)Nc1cc(C2C=Cc3cc(C#N)cn[n+]32)ncc1-c1cn(C2CCOCC2)nn1.